The van der Waals surface area contributed by atoms with Crippen molar-refractivity contribution in [1.29, 1.82) is 5.26 Å². The molecule has 1 aliphatic heterocycles. The second-order valence-electron chi connectivity index (χ2n) is 6.50. The highest BCUT2D eigenvalue weighted by atomic mass is 19.3. The molecule has 0 radical (unpaired) electrons. The smallest absolute Gasteiger partial charge is 0.387 e. The Labute approximate surface area is 160 Å². The van der Waals surface area contributed by atoms with E-state index in [4.69, 9.17) is 4.74 Å². The van der Waals surface area contributed by atoms with E-state index in [0.29, 0.717) is 35.2 Å². The van der Waals surface area contributed by atoms with E-state index in [1.807, 2.05) is 12.1 Å². The van der Waals surface area contributed by atoms with Crippen molar-refractivity contribution >= 4 is 16.6 Å². The standard InChI is InChI=1S/C21H17F2N3O2/c1-27-16-3-2-13-6-7-26(12-14(13)8-16)20-15(10-24)11-25-19-5-4-17(9-18(19)20)28-21(22)23/h2-5,8-9,11,21H,6-7,12H2,1H3. The molecule has 5 nitrogen and oxygen atoms in total. The Morgan fingerprint density at radius 3 is 2.71 bits per heavy atom. The lowest BCUT2D eigenvalue weighted by atomic mass is 9.97. The van der Waals surface area contributed by atoms with Gasteiger partial charge in [-0.1, -0.05) is 6.07 Å². The van der Waals surface area contributed by atoms with Crippen molar-refractivity contribution in [1.82, 2.24) is 4.98 Å². The SMILES string of the molecule is COc1ccc2c(c1)CN(c1c(C#N)cnc3ccc(OC(F)F)cc13)CC2. The number of fused-ring (bicyclic) bond motifs is 2. The van der Waals surface area contributed by atoms with Crippen LogP contribution in [0.15, 0.2) is 42.6 Å². The minimum Gasteiger partial charge on any atom is -0.497 e. The van der Waals surface area contributed by atoms with Crippen molar-refractivity contribution < 1.29 is 18.3 Å². The van der Waals surface area contributed by atoms with Crippen LogP contribution in [0.1, 0.15) is 16.7 Å². The number of benzene rings is 2. The summed E-state index contributed by atoms with van der Waals surface area (Å²) in [7, 11) is 1.62. The average Bonchev–Trinajstić information content (AvgIpc) is 2.71. The van der Waals surface area contributed by atoms with Crippen LogP contribution in [0.25, 0.3) is 10.9 Å². The highest BCUT2D eigenvalue weighted by molar-refractivity contribution is 5.95. The van der Waals surface area contributed by atoms with Crippen LogP contribution < -0.4 is 14.4 Å². The fraction of sp³-hybridized carbons (Fsp3) is 0.238. The number of rotatable bonds is 4. The normalized spacial score (nSPS) is 13.3. The van der Waals surface area contributed by atoms with Crippen molar-refractivity contribution in [3.05, 3.63) is 59.3 Å². The molecule has 0 unspecified atom stereocenters. The third-order valence-corrected chi connectivity index (χ3v) is 4.90. The molecule has 0 N–H and O–H groups in total. The van der Waals surface area contributed by atoms with Gasteiger partial charge in [-0.3, -0.25) is 4.98 Å². The Balaban J connectivity index is 1.81. The van der Waals surface area contributed by atoms with Crippen LogP contribution >= 0.6 is 0 Å². The molecule has 3 aromatic rings. The molecule has 0 saturated heterocycles. The van der Waals surface area contributed by atoms with Gasteiger partial charge in [0.2, 0.25) is 0 Å². The van der Waals surface area contributed by atoms with Crippen molar-refractivity contribution in [2.24, 2.45) is 0 Å². The predicted molar refractivity (Wildman–Crippen MR) is 101 cm³/mol. The summed E-state index contributed by atoms with van der Waals surface area (Å²) in [6.07, 6.45) is 2.33. The molecule has 7 heteroatoms. The molecule has 4 rings (SSSR count). The maximum absolute atomic E-state index is 12.6. The van der Waals surface area contributed by atoms with Crippen molar-refractivity contribution in [3.63, 3.8) is 0 Å². The van der Waals surface area contributed by atoms with E-state index >= 15 is 0 Å². The van der Waals surface area contributed by atoms with Crippen LogP contribution in [0.3, 0.4) is 0 Å². The molecule has 0 fully saturated rings. The summed E-state index contributed by atoms with van der Waals surface area (Å²) in [6, 6.07) is 12.7. The molecule has 1 aromatic heterocycles. The molecule has 142 valence electrons. The lowest BCUT2D eigenvalue weighted by Crippen LogP contribution is -2.31. The van der Waals surface area contributed by atoms with Gasteiger partial charge in [-0.25, -0.2) is 0 Å². The Bertz CT molecular complexity index is 1080. The third-order valence-electron chi connectivity index (χ3n) is 4.90. The molecular formula is C21H17F2N3O2. The van der Waals surface area contributed by atoms with E-state index in [9.17, 15) is 14.0 Å². The summed E-state index contributed by atoms with van der Waals surface area (Å²) < 4.78 is 35.2. The number of ether oxygens (including phenoxy) is 2. The maximum atomic E-state index is 12.6. The van der Waals surface area contributed by atoms with Crippen LogP contribution in [0.2, 0.25) is 0 Å². The molecule has 0 bridgehead atoms. The summed E-state index contributed by atoms with van der Waals surface area (Å²) in [5.74, 6) is 0.813. The number of alkyl halides is 2. The summed E-state index contributed by atoms with van der Waals surface area (Å²) in [4.78, 5) is 6.37. The fourth-order valence-corrected chi connectivity index (χ4v) is 3.61. The number of methoxy groups -OCH3 is 1. The maximum Gasteiger partial charge on any atom is 0.387 e. The van der Waals surface area contributed by atoms with Crippen LogP contribution in [-0.4, -0.2) is 25.3 Å². The number of halogens is 2. The van der Waals surface area contributed by atoms with E-state index in [0.717, 1.165) is 17.7 Å². The Morgan fingerprint density at radius 2 is 1.96 bits per heavy atom. The van der Waals surface area contributed by atoms with Gasteiger partial charge in [0.15, 0.2) is 0 Å². The number of pyridine rings is 1. The Hall–Kier alpha value is -3.40. The number of hydrogen-bond donors (Lipinski definition) is 0. The van der Waals surface area contributed by atoms with Crippen LogP contribution in [0.4, 0.5) is 14.5 Å². The van der Waals surface area contributed by atoms with Crippen LogP contribution in [0.5, 0.6) is 11.5 Å². The number of aromatic nitrogens is 1. The zero-order valence-electron chi connectivity index (χ0n) is 15.2. The summed E-state index contributed by atoms with van der Waals surface area (Å²) in [5.41, 5.74) is 4.04. The minimum atomic E-state index is -2.91. The van der Waals surface area contributed by atoms with Gasteiger partial charge in [-0.05, 0) is 47.9 Å². The lowest BCUT2D eigenvalue weighted by molar-refractivity contribution is -0.0497. The molecule has 2 heterocycles. The van der Waals surface area contributed by atoms with E-state index in [1.165, 1.54) is 23.9 Å². The zero-order chi connectivity index (χ0) is 19.7. The molecule has 0 aliphatic carbocycles. The second-order valence-corrected chi connectivity index (χ2v) is 6.50. The average molecular weight is 381 g/mol. The van der Waals surface area contributed by atoms with Gasteiger partial charge in [0, 0.05) is 24.7 Å². The van der Waals surface area contributed by atoms with Gasteiger partial charge in [0.1, 0.15) is 17.6 Å². The van der Waals surface area contributed by atoms with E-state index in [1.54, 1.807) is 13.2 Å². The summed E-state index contributed by atoms with van der Waals surface area (Å²) >= 11 is 0. The van der Waals surface area contributed by atoms with Gasteiger partial charge in [-0.15, -0.1) is 0 Å². The molecule has 0 saturated carbocycles. The third kappa shape index (κ3) is 3.29. The quantitative estimate of drug-likeness (QED) is 0.675. The molecule has 0 spiro atoms. The van der Waals surface area contributed by atoms with Gasteiger partial charge in [0.25, 0.3) is 0 Å². The van der Waals surface area contributed by atoms with E-state index in [-0.39, 0.29) is 5.75 Å². The Kier molecular flexibility index (Phi) is 4.70. The van der Waals surface area contributed by atoms with Gasteiger partial charge < -0.3 is 14.4 Å². The highest BCUT2D eigenvalue weighted by Gasteiger charge is 2.22. The minimum absolute atomic E-state index is 0.0414. The van der Waals surface area contributed by atoms with Crippen molar-refractivity contribution in [2.45, 2.75) is 19.6 Å². The first-order valence-electron chi connectivity index (χ1n) is 8.77. The first kappa shape index (κ1) is 18.0. The van der Waals surface area contributed by atoms with Crippen molar-refractivity contribution in [2.75, 3.05) is 18.6 Å². The molecule has 0 atom stereocenters. The predicted octanol–water partition coefficient (Wildman–Crippen LogP) is 4.28. The largest absolute Gasteiger partial charge is 0.497 e. The van der Waals surface area contributed by atoms with Crippen molar-refractivity contribution in [3.8, 4) is 17.6 Å². The Morgan fingerprint density at radius 1 is 1.14 bits per heavy atom. The molecular weight excluding hydrogens is 364 g/mol. The second kappa shape index (κ2) is 7.31. The number of anilines is 1. The molecule has 0 amide bonds. The van der Waals surface area contributed by atoms with E-state index in [2.05, 4.69) is 26.8 Å². The topological polar surface area (TPSA) is 58.4 Å². The zero-order valence-corrected chi connectivity index (χ0v) is 15.2. The molecule has 2 aromatic carbocycles. The highest BCUT2D eigenvalue weighted by Crippen LogP contribution is 2.35. The van der Waals surface area contributed by atoms with Gasteiger partial charge in [0.05, 0.1) is 23.9 Å². The number of nitrogens with zero attached hydrogens (tertiary/aromatic N) is 3. The lowest BCUT2D eigenvalue weighted by Gasteiger charge is -2.32. The summed E-state index contributed by atoms with van der Waals surface area (Å²) in [6.45, 7) is -1.63. The van der Waals surface area contributed by atoms with Crippen LogP contribution in [0, 0.1) is 11.3 Å². The van der Waals surface area contributed by atoms with Gasteiger partial charge in [-0.2, -0.15) is 14.0 Å². The first-order valence-corrected chi connectivity index (χ1v) is 8.77. The van der Waals surface area contributed by atoms with Crippen LogP contribution in [-0.2, 0) is 13.0 Å². The molecule has 28 heavy (non-hydrogen) atoms. The number of hydrogen-bond acceptors (Lipinski definition) is 5. The van der Waals surface area contributed by atoms with Gasteiger partial charge >= 0.3 is 6.61 Å². The fourth-order valence-electron chi connectivity index (χ4n) is 3.61. The van der Waals surface area contributed by atoms with E-state index < -0.39 is 6.61 Å². The molecule has 1 aliphatic rings. The summed E-state index contributed by atoms with van der Waals surface area (Å²) in [5, 5.41) is 10.2. The number of nitriles is 1. The monoisotopic (exact) mass is 381 g/mol. The first-order chi connectivity index (χ1) is 13.6.